The molecule has 2 unspecified atom stereocenters. The number of alkyl halides is 3. The summed E-state index contributed by atoms with van der Waals surface area (Å²) in [7, 11) is 0. The predicted octanol–water partition coefficient (Wildman–Crippen LogP) is 3.48. The van der Waals surface area contributed by atoms with Gasteiger partial charge in [0, 0.05) is 37.4 Å². The Morgan fingerprint density at radius 1 is 1.40 bits per heavy atom. The minimum atomic E-state index is -2.91. The molecule has 25 heavy (non-hydrogen) atoms. The van der Waals surface area contributed by atoms with Crippen molar-refractivity contribution in [2.24, 2.45) is 5.11 Å². The van der Waals surface area contributed by atoms with E-state index in [1.807, 2.05) is 30.3 Å². The van der Waals surface area contributed by atoms with Gasteiger partial charge < -0.3 is 5.32 Å². The predicted molar refractivity (Wildman–Crippen MR) is 94.6 cm³/mol. The highest BCUT2D eigenvalue weighted by Gasteiger charge is 2.34. The summed E-state index contributed by atoms with van der Waals surface area (Å²) in [6.45, 7) is 1.70. The lowest BCUT2D eigenvalue weighted by atomic mass is 10.1. The maximum absolute atomic E-state index is 13.2. The van der Waals surface area contributed by atoms with Crippen LogP contribution in [0.5, 0.6) is 0 Å². The minimum absolute atomic E-state index is 0.267. The van der Waals surface area contributed by atoms with E-state index in [1.165, 1.54) is 0 Å². The number of hydrogen-bond donors (Lipinski definition) is 1. The smallest absolute Gasteiger partial charge is 0.258 e. The van der Waals surface area contributed by atoms with Crippen LogP contribution >= 0.6 is 15.9 Å². The van der Waals surface area contributed by atoms with Crippen LogP contribution in [0.4, 0.5) is 8.78 Å². The van der Waals surface area contributed by atoms with E-state index in [2.05, 4.69) is 36.2 Å². The highest BCUT2D eigenvalue weighted by molar-refractivity contribution is 9.09. The molecule has 1 fully saturated rings. The van der Waals surface area contributed by atoms with Crippen LogP contribution in [0.1, 0.15) is 18.4 Å². The van der Waals surface area contributed by atoms with Gasteiger partial charge in [0.05, 0.1) is 17.4 Å². The lowest BCUT2D eigenvalue weighted by Crippen LogP contribution is -2.42. The summed E-state index contributed by atoms with van der Waals surface area (Å²) >= 11 is 2.74. The van der Waals surface area contributed by atoms with Crippen LogP contribution in [0, 0.1) is 0 Å². The molecule has 1 N–H and O–H groups in total. The van der Waals surface area contributed by atoms with E-state index in [0.29, 0.717) is 19.6 Å². The van der Waals surface area contributed by atoms with Crippen LogP contribution < -0.4 is 5.32 Å². The topological polar surface area (TPSA) is 81.1 Å². The molecule has 9 heteroatoms. The van der Waals surface area contributed by atoms with Gasteiger partial charge in [-0.05, 0) is 11.1 Å². The Kier molecular flexibility index (Phi) is 7.16. The van der Waals surface area contributed by atoms with E-state index in [-0.39, 0.29) is 12.5 Å². The van der Waals surface area contributed by atoms with Gasteiger partial charge in [-0.1, -0.05) is 51.4 Å². The molecule has 0 spiro atoms. The van der Waals surface area contributed by atoms with E-state index in [4.69, 9.17) is 5.53 Å². The van der Waals surface area contributed by atoms with Gasteiger partial charge in [0.15, 0.2) is 0 Å². The van der Waals surface area contributed by atoms with E-state index in [1.54, 1.807) is 0 Å². The lowest BCUT2D eigenvalue weighted by Gasteiger charge is -2.18. The van der Waals surface area contributed by atoms with Gasteiger partial charge in [0.1, 0.15) is 0 Å². The second-order valence-corrected chi connectivity index (χ2v) is 6.68. The number of nitrogens with one attached hydrogen (secondary N) is 1. The van der Waals surface area contributed by atoms with E-state index < -0.39 is 29.6 Å². The summed E-state index contributed by atoms with van der Waals surface area (Å²) in [6.07, 6.45) is -0.784. The molecule has 1 aliphatic heterocycles. The summed E-state index contributed by atoms with van der Waals surface area (Å²) in [5, 5.41) is 6.01. The molecular weight excluding hydrogens is 396 g/mol. The maximum atomic E-state index is 13.2. The number of carbonyl (C=O) groups excluding carboxylic acids is 1. The summed E-state index contributed by atoms with van der Waals surface area (Å²) in [5.41, 5.74) is 9.84. The number of halogens is 3. The third kappa shape index (κ3) is 6.26. The monoisotopic (exact) mass is 415 g/mol. The Bertz CT molecular complexity index is 624. The van der Waals surface area contributed by atoms with Crippen molar-refractivity contribution in [2.45, 2.75) is 37.4 Å². The zero-order chi connectivity index (χ0) is 18.3. The zero-order valence-electron chi connectivity index (χ0n) is 13.6. The van der Waals surface area contributed by atoms with Crippen molar-refractivity contribution >= 4 is 21.8 Å². The third-order valence-electron chi connectivity index (χ3n) is 4.07. The van der Waals surface area contributed by atoms with Crippen LogP contribution in [0.3, 0.4) is 0 Å². The number of amides is 1. The zero-order valence-corrected chi connectivity index (χ0v) is 15.2. The van der Waals surface area contributed by atoms with E-state index in [0.717, 1.165) is 5.56 Å². The summed E-state index contributed by atoms with van der Waals surface area (Å²) < 4.78 is 26.5. The Labute approximate surface area is 153 Å². The molecule has 1 amide bonds. The molecule has 1 heterocycles. The molecule has 0 saturated carbocycles. The Morgan fingerprint density at radius 2 is 2.12 bits per heavy atom. The van der Waals surface area contributed by atoms with Gasteiger partial charge in [0.2, 0.25) is 5.91 Å². The molecule has 1 saturated heterocycles. The quantitative estimate of drug-likeness (QED) is 0.305. The highest BCUT2D eigenvalue weighted by atomic mass is 79.9. The van der Waals surface area contributed by atoms with Gasteiger partial charge in [-0.3, -0.25) is 9.69 Å². The molecule has 0 aliphatic carbocycles. The fourth-order valence-corrected chi connectivity index (χ4v) is 3.08. The summed E-state index contributed by atoms with van der Waals surface area (Å²) in [5.74, 6) is -3.36. The van der Waals surface area contributed by atoms with Crippen LogP contribution in [0.25, 0.3) is 10.4 Å². The normalized spacial score (nSPS) is 20.9. The molecule has 0 bridgehead atoms. The van der Waals surface area contributed by atoms with Gasteiger partial charge in [-0.2, -0.15) is 0 Å². The average Bonchev–Trinajstić information content (AvgIpc) is 2.95. The minimum Gasteiger partial charge on any atom is -0.352 e. The Morgan fingerprint density at radius 3 is 2.76 bits per heavy atom. The molecule has 6 nitrogen and oxygen atoms in total. The van der Waals surface area contributed by atoms with Gasteiger partial charge in [-0.25, -0.2) is 8.78 Å². The van der Waals surface area contributed by atoms with Gasteiger partial charge in [-0.15, -0.1) is 0 Å². The first-order valence-electron chi connectivity index (χ1n) is 7.97. The molecule has 1 aliphatic rings. The van der Waals surface area contributed by atoms with Gasteiger partial charge >= 0.3 is 0 Å². The summed E-state index contributed by atoms with van der Waals surface area (Å²) in [6, 6.07) is 9.04. The second-order valence-electron chi connectivity index (χ2n) is 6.12. The third-order valence-corrected chi connectivity index (χ3v) is 4.89. The van der Waals surface area contributed by atoms with Crippen LogP contribution in [0.15, 0.2) is 35.4 Å². The van der Waals surface area contributed by atoms with Crippen molar-refractivity contribution in [1.29, 1.82) is 0 Å². The second kappa shape index (κ2) is 9.12. The van der Waals surface area contributed by atoms with Crippen LogP contribution in [-0.4, -0.2) is 47.2 Å². The van der Waals surface area contributed by atoms with Crippen molar-refractivity contribution in [3.05, 3.63) is 46.3 Å². The lowest BCUT2D eigenvalue weighted by molar-refractivity contribution is -0.123. The van der Waals surface area contributed by atoms with Crippen molar-refractivity contribution < 1.29 is 13.6 Å². The number of carbonyl (C=O) groups is 1. The van der Waals surface area contributed by atoms with Gasteiger partial charge in [0.25, 0.3) is 5.92 Å². The molecule has 2 rings (SSSR count). The van der Waals surface area contributed by atoms with E-state index in [9.17, 15) is 13.6 Å². The SMILES string of the molecule is [N-]=[N+]=NC1CN(Cc2ccccc2)CC1NC(=O)CCC(F)(F)CBr. The van der Waals surface area contributed by atoms with Crippen molar-refractivity contribution in [1.82, 2.24) is 10.2 Å². The summed E-state index contributed by atoms with van der Waals surface area (Å²) in [4.78, 5) is 16.9. The maximum Gasteiger partial charge on any atom is 0.258 e. The Hall–Kier alpha value is -1.70. The number of nitrogens with zero attached hydrogens (tertiary/aromatic N) is 4. The number of hydrogen-bond acceptors (Lipinski definition) is 3. The largest absolute Gasteiger partial charge is 0.352 e. The molecule has 1 aromatic carbocycles. The average molecular weight is 416 g/mol. The molecule has 2 atom stereocenters. The molecule has 1 aromatic rings. The van der Waals surface area contributed by atoms with Crippen molar-refractivity contribution in [3.8, 4) is 0 Å². The van der Waals surface area contributed by atoms with Crippen molar-refractivity contribution in [3.63, 3.8) is 0 Å². The fraction of sp³-hybridized carbons (Fsp3) is 0.562. The van der Waals surface area contributed by atoms with E-state index >= 15 is 0 Å². The molecule has 0 radical (unpaired) electrons. The first kappa shape index (κ1) is 19.6. The molecule has 136 valence electrons. The van der Waals surface area contributed by atoms with Crippen LogP contribution in [-0.2, 0) is 11.3 Å². The first-order valence-corrected chi connectivity index (χ1v) is 9.09. The van der Waals surface area contributed by atoms with Crippen molar-refractivity contribution in [2.75, 3.05) is 18.4 Å². The molecule has 0 aromatic heterocycles. The standard InChI is InChI=1S/C16H20BrF2N5O/c17-11-16(18,19)7-6-15(25)21-13-9-24(10-14(13)22-23-20)8-12-4-2-1-3-5-12/h1-5,13-14H,6-11H2,(H,21,25). The number of likely N-dealkylation sites (tertiary alicyclic amines) is 1. The first-order chi connectivity index (χ1) is 11.9. The molecular formula is C16H20BrF2N5O. The number of benzene rings is 1. The fourth-order valence-electron chi connectivity index (χ4n) is 2.80. The van der Waals surface area contributed by atoms with Crippen LogP contribution in [0.2, 0.25) is 0 Å². The number of rotatable bonds is 8. The Balaban J connectivity index is 1.91. The number of azide groups is 1. The highest BCUT2D eigenvalue weighted by Crippen LogP contribution is 2.23.